The van der Waals surface area contributed by atoms with Crippen LogP contribution in [0.25, 0.3) is 0 Å². The fourth-order valence-electron chi connectivity index (χ4n) is 0. The zero-order valence-electron chi connectivity index (χ0n) is 18.3. The van der Waals surface area contributed by atoms with Crippen molar-refractivity contribution in [2.24, 2.45) is 5.92 Å². The van der Waals surface area contributed by atoms with E-state index < -0.39 is 0 Å². The van der Waals surface area contributed by atoms with E-state index in [2.05, 4.69) is 47.8 Å². The zero-order valence-corrected chi connectivity index (χ0v) is 18.3. The quantitative estimate of drug-likeness (QED) is 0.444. The Labute approximate surface area is 148 Å². The first kappa shape index (κ1) is 49.6. The number of rotatable bonds is 2. The fraction of sp³-hybridized carbons (Fsp3) is 0.818. The Balaban J connectivity index is -0.0000000178. The van der Waals surface area contributed by atoms with Crippen LogP contribution in [0.1, 0.15) is 117 Å². The van der Waals surface area contributed by atoms with Gasteiger partial charge in [0, 0.05) is 0 Å². The molecule has 0 nitrogen and oxygen atoms in total. The predicted octanol–water partition coefficient (Wildman–Crippen LogP) is 9.96. The van der Waals surface area contributed by atoms with Crippen molar-refractivity contribution in [1.29, 1.82) is 0 Å². The van der Waals surface area contributed by atoms with E-state index in [9.17, 15) is 0 Å². The van der Waals surface area contributed by atoms with Crippen molar-refractivity contribution < 1.29 is 0 Å². The molecular formula is C22H56. The summed E-state index contributed by atoms with van der Waals surface area (Å²) >= 11 is 0. The van der Waals surface area contributed by atoms with Crippen molar-refractivity contribution in [1.82, 2.24) is 0 Å². The van der Waals surface area contributed by atoms with E-state index in [-0.39, 0.29) is 7.43 Å². The highest BCUT2D eigenvalue weighted by molar-refractivity contribution is 4.51. The molecule has 144 valence electrons. The molecule has 0 aliphatic heterocycles. The van der Waals surface area contributed by atoms with Crippen molar-refractivity contribution in [2.75, 3.05) is 0 Å². The fourth-order valence-corrected chi connectivity index (χ4v) is 0. The maximum Gasteiger partial charge on any atom is -0.0473 e. The van der Waals surface area contributed by atoms with Gasteiger partial charge in [-0.3, -0.25) is 0 Å². The van der Waals surface area contributed by atoms with E-state index in [0.29, 0.717) is 0 Å². The van der Waals surface area contributed by atoms with Gasteiger partial charge < -0.3 is 0 Å². The summed E-state index contributed by atoms with van der Waals surface area (Å²) in [6, 6.07) is 0. The van der Waals surface area contributed by atoms with E-state index in [1.165, 1.54) is 19.3 Å². The van der Waals surface area contributed by atoms with Gasteiger partial charge >= 0.3 is 0 Å². The molecule has 0 unspecified atom stereocenters. The third-order valence-electron chi connectivity index (χ3n) is 1.32. The molecule has 0 rings (SSSR count). The third-order valence-corrected chi connectivity index (χ3v) is 1.32. The summed E-state index contributed by atoms with van der Waals surface area (Å²) in [5, 5.41) is 0. The minimum absolute atomic E-state index is 0. The first-order chi connectivity index (χ1) is 10.0. The first-order valence-electron chi connectivity index (χ1n) is 9.16. The molecule has 0 atom stereocenters. The molecule has 0 aromatic rings. The summed E-state index contributed by atoms with van der Waals surface area (Å²) in [5.41, 5.74) is 0. The first-order valence-corrected chi connectivity index (χ1v) is 9.16. The van der Waals surface area contributed by atoms with Crippen LogP contribution in [-0.4, -0.2) is 0 Å². The molecule has 22 heavy (non-hydrogen) atoms. The summed E-state index contributed by atoms with van der Waals surface area (Å²) in [6.45, 7) is 33.5. The molecule has 0 amide bonds. The van der Waals surface area contributed by atoms with E-state index in [4.69, 9.17) is 0 Å². The van der Waals surface area contributed by atoms with E-state index in [0.717, 1.165) is 5.92 Å². The smallest absolute Gasteiger partial charge is 0.0473 e. The van der Waals surface area contributed by atoms with Crippen LogP contribution in [0, 0.1) is 5.92 Å². The van der Waals surface area contributed by atoms with Gasteiger partial charge in [-0.1, -0.05) is 115 Å². The molecule has 0 saturated heterocycles. The van der Waals surface area contributed by atoms with Gasteiger partial charge in [0.25, 0.3) is 0 Å². The van der Waals surface area contributed by atoms with Gasteiger partial charge in [-0.25, -0.2) is 0 Å². The molecule has 0 radical (unpaired) electrons. The zero-order chi connectivity index (χ0) is 19.1. The Hall–Kier alpha value is -0.520. The van der Waals surface area contributed by atoms with Crippen LogP contribution in [0.15, 0.2) is 25.3 Å². The summed E-state index contributed by atoms with van der Waals surface area (Å²) in [4.78, 5) is 0. The lowest BCUT2D eigenvalue weighted by Crippen LogP contribution is -1.77. The summed E-state index contributed by atoms with van der Waals surface area (Å²) < 4.78 is 0. The maximum atomic E-state index is 3.36. The Morgan fingerprint density at radius 2 is 0.773 bits per heavy atom. The number of hydrogen-bond donors (Lipinski definition) is 0. The van der Waals surface area contributed by atoms with Crippen LogP contribution in [0.5, 0.6) is 0 Å². The van der Waals surface area contributed by atoms with Crippen molar-refractivity contribution in [3.8, 4) is 0 Å². The van der Waals surface area contributed by atoms with Gasteiger partial charge in [0.05, 0.1) is 0 Å². The van der Waals surface area contributed by atoms with Gasteiger partial charge in [-0.05, 0) is 19.8 Å². The molecule has 0 fully saturated rings. The van der Waals surface area contributed by atoms with Crippen molar-refractivity contribution in [3.05, 3.63) is 25.3 Å². The standard InChI is InChI=1S/C5H12.C4H10.2C3H6.3C2H6.CH4/c1-4-5(2)3;1-3-4-2;2*1-3-2;3*1-2;/h5H,4H2,1-3H3;3-4H2,1-2H3;2*3H,1H2,2H3;3*1-2H3;1H4. The summed E-state index contributed by atoms with van der Waals surface area (Å²) in [6.07, 6.45) is 7.44. The molecule has 0 heterocycles. The monoisotopic (exact) mass is 320 g/mol. The Kier molecular flexibility index (Phi) is 313. The average molecular weight is 321 g/mol. The lowest BCUT2D eigenvalue weighted by molar-refractivity contribution is 0.626. The van der Waals surface area contributed by atoms with Gasteiger partial charge in [0.1, 0.15) is 0 Å². The van der Waals surface area contributed by atoms with Crippen LogP contribution in [0.4, 0.5) is 0 Å². The number of unbranched alkanes of at least 4 members (excludes halogenated alkanes) is 1. The van der Waals surface area contributed by atoms with Crippen molar-refractivity contribution in [3.63, 3.8) is 0 Å². The highest BCUT2D eigenvalue weighted by atomic mass is 13.9. The predicted molar refractivity (Wildman–Crippen MR) is 118 cm³/mol. The Bertz CT molecular complexity index is 72.0. The Morgan fingerprint density at radius 3 is 0.773 bits per heavy atom. The van der Waals surface area contributed by atoms with Crippen molar-refractivity contribution >= 4 is 0 Å². The van der Waals surface area contributed by atoms with Crippen LogP contribution < -0.4 is 0 Å². The summed E-state index contributed by atoms with van der Waals surface area (Å²) in [5.74, 6) is 0.884. The van der Waals surface area contributed by atoms with Crippen LogP contribution in [-0.2, 0) is 0 Å². The molecule has 0 aromatic heterocycles. The average Bonchev–Trinajstić information content (AvgIpc) is 2.55. The minimum Gasteiger partial charge on any atom is -0.103 e. The van der Waals surface area contributed by atoms with Crippen LogP contribution in [0.3, 0.4) is 0 Å². The highest BCUT2D eigenvalue weighted by Gasteiger charge is 1.80. The van der Waals surface area contributed by atoms with Crippen molar-refractivity contribution in [2.45, 2.75) is 117 Å². The molecule has 0 heteroatoms. The largest absolute Gasteiger partial charge is 0.103 e. The second kappa shape index (κ2) is 139. The van der Waals surface area contributed by atoms with Crippen LogP contribution in [0.2, 0.25) is 0 Å². The SMILES string of the molecule is C.C=CC.C=CC.CC.CC.CC.CCC(C)C.CCCC. The van der Waals surface area contributed by atoms with E-state index >= 15 is 0 Å². The molecular weight excluding hydrogens is 264 g/mol. The maximum absolute atomic E-state index is 3.36. The van der Waals surface area contributed by atoms with Crippen LogP contribution >= 0.6 is 0 Å². The number of hydrogen-bond acceptors (Lipinski definition) is 0. The third kappa shape index (κ3) is 1080. The lowest BCUT2D eigenvalue weighted by atomic mass is 10.2. The molecule has 0 aliphatic carbocycles. The second-order valence-electron chi connectivity index (χ2n) is 3.62. The molecule has 0 spiro atoms. The molecule has 0 saturated carbocycles. The number of allylic oxidation sites excluding steroid dienone is 2. The molecule has 0 aliphatic rings. The Morgan fingerprint density at radius 1 is 0.682 bits per heavy atom. The molecule has 0 aromatic carbocycles. The lowest BCUT2D eigenvalue weighted by Gasteiger charge is -1.90. The van der Waals surface area contributed by atoms with E-state index in [1.807, 2.05) is 55.4 Å². The normalized spacial score (nSPS) is 5.55. The second-order valence-corrected chi connectivity index (χ2v) is 3.62. The highest BCUT2D eigenvalue weighted by Crippen LogP contribution is 1.93. The van der Waals surface area contributed by atoms with E-state index in [1.54, 1.807) is 12.2 Å². The van der Waals surface area contributed by atoms with Gasteiger partial charge in [-0.15, -0.1) is 13.2 Å². The molecule has 0 bridgehead atoms. The van der Waals surface area contributed by atoms with Gasteiger partial charge in [0.2, 0.25) is 0 Å². The molecule has 0 N–H and O–H groups in total. The van der Waals surface area contributed by atoms with Gasteiger partial charge in [-0.2, -0.15) is 0 Å². The topological polar surface area (TPSA) is 0 Å². The summed E-state index contributed by atoms with van der Waals surface area (Å²) in [7, 11) is 0. The minimum atomic E-state index is 0. The van der Waals surface area contributed by atoms with Gasteiger partial charge in [0.15, 0.2) is 0 Å².